The third-order valence-electron chi connectivity index (χ3n) is 5.89. The molecule has 5 rings (SSSR count). The van der Waals surface area contributed by atoms with Crippen LogP contribution in [0, 0.1) is 0 Å². The van der Waals surface area contributed by atoms with Crippen LogP contribution in [0.3, 0.4) is 0 Å². The van der Waals surface area contributed by atoms with Gasteiger partial charge in [-0.2, -0.15) is 5.10 Å². The Kier molecular flexibility index (Phi) is 3.76. The Morgan fingerprint density at radius 2 is 2.04 bits per heavy atom. The van der Waals surface area contributed by atoms with E-state index in [-0.39, 0.29) is 18.1 Å². The van der Waals surface area contributed by atoms with Gasteiger partial charge in [-0.3, -0.25) is 0 Å². The molecule has 2 amide bonds. The molecular formula is C20H23N5O. The van der Waals surface area contributed by atoms with Crippen LogP contribution in [0.1, 0.15) is 49.5 Å². The standard InChI is InChI=1S/C20H23N5O/c26-20(23-18-7-4-10-24-19(18)21-13-22-24)25-16-8-9-17(25)12-15(11-16)14-5-2-1-3-6-14/h1-3,5-6,11,13,16-18H,4,7-10,12H2,(H,23,26). The van der Waals surface area contributed by atoms with E-state index in [2.05, 4.69) is 50.6 Å². The number of hydrogen-bond acceptors (Lipinski definition) is 3. The second kappa shape index (κ2) is 6.27. The molecule has 3 atom stereocenters. The van der Waals surface area contributed by atoms with Crippen LogP contribution >= 0.6 is 0 Å². The number of hydrogen-bond donors (Lipinski definition) is 1. The van der Waals surface area contributed by atoms with Gasteiger partial charge in [-0.1, -0.05) is 36.4 Å². The first-order valence-electron chi connectivity index (χ1n) is 9.52. The van der Waals surface area contributed by atoms with Gasteiger partial charge < -0.3 is 10.2 Å². The lowest BCUT2D eigenvalue weighted by molar-refractivity contribution is 0.172. The Morgan fingerprint density at radius 1 is 1.15 bits per heavy atom. The Labute approximate surface area is 152 Å². The highest BCUT2D eigenvalue weighted by atomic mass is 16.2. The van der Waals surface area contributed by atoms with E-state index in [0.29, 0.717) is 6.04 Å². The highest BCUT2D eigenvalue weighted by Crippen LogP contribution is 2.38. The first kappa shape index (κ1) is 15.6. The monoisotopic (exact) mass is 349 g/mol. The quantitative estimate of drug-likeness (QED) is 0.906. The van der Waals surface area contributed by atoms with Crippen molar-refractivity contribution < 1.29 is 4.79 Å². The molecule has 2 aromatic rings. The summed E-state index contributed by atoms with van der Waals surface area (Å²) in [4.78, 5) is 19.4. The molecule has 0 saturated carbocycles. The predicted molar refractivity (Wildman–Crippen MR) is 98.2 cm³/mol. The molecule has 3 aliphatic rings. The number of aryl methyl sites for hydroxylation is 1. The number of rotatable bonds is 2. The smallest absolute Gasteiger partial charge is 0.318 e. The summed E-state index contributed by atoms with van der Waals surface area (Å²) in [7, 11) is 0. The number of aromatic nitrogens is 3. The van der Waals surface area contributed by atoms with E-state index >= 15 is 0 Å². The normalized spacial score (nSPS) is 27.0. The van der Waals surface area contributed by atoms with E-state index in [1.807, 2.05) is 10.7 Å². The minimum Gasteiger partial charge on any atom is -0.328 e. The summed E-state index contributed by atoms with van der Waals surface area (Å²) < 4.78 is 1.91. The molecule has 1 saturated heterocycles. The van der Waals surface area contributed by atoms with Crippen LogP contribution in [0.5, 0.6) is 0 Å². The third-order valence-corrected chi connectivity index (χ3v) is 5.89. The van der Waals surface area contributed by atoms with Gasteiger partial charge in [0.25, 0.3) is 0 Å². The van der Waals surface area contributed by atoms with Crippen LogP contribution in [0.4, 0.5) is 4.79 Å². The van der Waals surface area contributed by atoms with Crippen molar-refractivity contribution in [1.29, 1.82) is 0 Å². The molecule has 3 unspecified atom stereocenters. The molecule has 26 heavy (non-hydrogen) atoms. The van der Waals surface area contributed by atoms with Crippen LogP contribution in [-0.2, 0) is 6.54 Å². The van der Waals surface area contributed by atoms with Crippen molar-refractivity contribution in [1.82, 2.24) is 25.0 Å². The first-order valence-corrected chi connectivity index (χ1v) is 9.52. The molecule has 0 aliphatic carbocycles. The number of carbonyl (C=O) groups is 1. The van der Waals surface area contributed by atoms with Gasteiger partial charge in [0, 0.05) is 12.6 Å². The van der Waals surface area contributed by atoms with Crippen LogP contribution in [0.25, 0.3) is 5.57 Å². The van der Waals surface area contributed by atoms with Crippen LogP contribution < -0.4 is 5.32 Å². The molecule has 6 heteroatoms. The van der Waals surface area contributed by atoms with Crippen molar-refractivity contribution >= 4 is 11.6 Å². The number of fused-ring (bicyclic) bond motifs is 3. The van der Waals surface area contributed by atoms with Crippen molar-refractivity contribution in [2.24, 2.45) is 0 Å². The first-order chi connectivity index (χ1) is 12.8. The van der Waals surface area contributed by atoms with E-state index in [1.54, 1.807) is 6.33 Å². The highest BCUT2D eigenvalue weighted by molar-refractivity contribution is 5.79. The summed E-state index contributed by atoms with van der Waals surface area (Å²) in [5, 5.41) is 7.46. The lowest BCUT2D eigenvalue weighted by Crippen LogP contribution is -2.49. The summed E-state index contributed by atoms with van der Waals surface area (Å²) in [5.74, 6) is 0.884. The Balaban J connectivity index is 1.34. The predicted octanol–water partition coefficient (Wildman–Crippen LogP) is 3.14. The van der Waals surface area contributed by atoms with Gasteiger partial charge in [0.05, 0.1) is 12.1 Å². The van der Waals surface area contributed by atoms with Gasteiger partial charge in [0.2, 0.25) is 0 Å². The Hall–Kier alpha value is -2.63. The molecule has 6 nitrogen and oxygen atoms in total. The molecule has 134 valence electrons. The van der Waals surface area contributed by atoms with Crippen molar-refractivity contribution in [2.45, 2.75) is 56.8 Å². The lowest BCUT2D eigenvalue weighted by atomic mass is 9.95. The van der Waals surface area contributed by atoms with Crippen LogP contribution in [-0.4, -0.2) is 37.8 Å². The summed E-state index contributed by atoms with van der Waals surface area (Å²) in [6.07, 6.45) is 8.89. The minimum absolute atomic E-state index is 0.0300. The maximum absolute atomic E-state index is 13.0. The van der Waals surface area contributed by atoms with Crippen molar-refractivity contribution in [3.8, 4) is 0 Å². The number of nitrogens with zero attached hydrogens (tertiary/aromatic N) is 4. The largest absolute Gasteiger partial charge is 0.328 e. The lowest BCUT2D eigenvalue weighted by Gasteiger charge is -2.35. The fourth-order valence-electron chi connectivity index (χ4n) is 4.66. The van der Waals surface area contributed by atoms with Crippen molar-refractivity contribution in [3.63, 3.8) is 0 Å². The molecule has 1 aromatic carbocycles. The second-order valence-electron chi connectivity index (χ2n) is 7.45. The Bertz CT molecular complexity index is 843. The zero-order valence-corrected chi connectivity index (χ0v) is 14.7. The maximum Gasteiger partial charge on any atom is 0.318 e. The highest BCUT2D eigenvalue weighted by Gasteiger charge is 2.40. The molecule has 1 aromatic heterocycles. The third kappa shape index (κ3) is 2.60. The SMILES string of the molecule is O=C(NC1CCCn2ncnc21)N1C2C=C(c3ccccc3)CC1CC2. The van der Waals surface area contributed by atoms with Gasteiger partial charge in [-0.25, -0.2) is 14.5 Å². The summed E-state index contributed by atoms with van der Waals surface area (Å²) in [6, 6.07) is 11.0. The number of nitrogens with one attached hydrogen (secondary N) is 1. The second-order valence-corrected chi connectivity index (χ2v) is 7.45. The average Bonchev–Trinajstić information content (AvgIpc) is 3.25. The zero-order chi connectivity index (χ0) is 17.5. The van der Waals surface area contributed by atoms with Gasteiger partial charge in [-0.05, 0) is 43.2 Å². The molecule has 3 aliphatic heterocycles. The molecule has 1 N–H and O–H groups in total. The summed E-state index contributed by atoms with van der Waals surface area (Å²) in [5.41, 5.74) is 2.66. The average molecular weight is 349 g/mol. The van der Waals surface area contributed by atoms with Gasteiger partial charge in [0.1, 0.15) is 12.2 Å². The van der Waals surface area contributed by atoms with E-state index in [0.717, 1.165) is 44.5 Å². The fourth-order valence-corrected chi connectivity index (χ4v) is 4.66. The zero-order valence-electron chi connectivity index (χ0n) is 14.7. The van der Waals surface area contributed by atoms with Crippen LogP contribution in [0.2, 0.25) is 0 Å². The maximum atomic E-state index is 13.0. The minimum atomic E-state index is -0.0300. The van der Waals surface area contributed by atoms with E-state index < -0.39 is 0 Å². The van der Waals surface area contributed by atoms with E-state index in [1.165, 1.54) is 11.1 Å². The van der Waals surface area contributed by atoms with Crippen molar-refractivity contribution in [2.75, 3.05) is 0 Å². The van der Waals surface area contributed by atoms with Crippen molar-refractivity contribution in [3.05, 3.63) is 54.1 Å². The number of benzene rings is 1. The van der Waals surface area contributed by atoms with Gasteiger partial charge in [-0.15, -0.1) is 0 Å². The number of amides is 2. The van der Waals surface area contributed by atoms with E-state index in [9.17, 15) is 4.79 Å². The summed E-state index contributed by atoms with van der Waals surface area (Å²) in [6.45, 7) is 0.889. The molecule has 0 radical (unpaired) electrons. The van der Waals surface area contributed by atoms with Gasteiger partial charge >= 0.3 is 6.03 Å². The topological polar surface area (TPSA) is 63.1 Å². The fraction of sp³-hybridized carbons (Fsp3) is 0.450. The molecule has 4 heterocycles. The van der Waals surface area contributed by atoms with Gasteiger partial charge in [0.15, 0.2) is 0 Å². The van der Waals surface area contributed by atoms with Crippen LogP contribution in [0.15, 0.2) is 42.7 Å². The van der Waals surface area contributed by atoms with E-state index in [4.69, 9.17) is 0 Å². The molecule has 2 bridgehead atoms. The Morgan fingerprint density at radius 3 is 2.88 bits per heavy atom. The number of urea groups is 1. The summed E-state index contributed by atoms with van der Waals surface area (Å²) >= 11 is 0. The molecular weight excluding hydrogens is 326 g/mol. The number of carbonyl (C=O) groups excluding carboxylic acids is 1. The molecule has 1 fully saturated rings. The molecule has 0 spiro atoms.